The molecule has 1 atom stereocenters. The standard InChI is InChI=1S/C12H20N2O/c1-10(2)15-8-7-14-11(3)12-5-4-6-13-9-12/h4-6,9-11,14H,7-8H2,1-3H3. The van der Waals surface area contributed by atoms with E-state index < -0.39 is 0 Å². The zero-order valence-corrected chi connectivity index (χ0v) is 9.73. The molecule has 15 heavy (non-hydrogen) atoms. The third-order valence-electron chi connectivity index (χ3n) is 2.19. The quantitative estimate of drug-likeness (QED) is 0.727. The van der Waals surface area contributed by atoms with Crippen LogP contribution in [-0.2, 0) is 4.74 Å². The van der Waals surface area contributed by atoms with Crippen LogP contribution in [0.2, 0.25) is 0 Å². The zero-order valence-electron chi connectivity index (χ0n) is 9.73. The Balaban J connectivity index is 2.22. The van der Waals surface area contributed by atoms with Crippen molar-refractivity contribution in [3.63, 3.8) is 0 Å². The molecule has 0 aromatic carbocycles. The van der Waals surface area contributed by atoms with Gasteiger partial charge in [0.25, 0.3) is 0 Å². The number of ether oxygens (including phenoxy) is 1. The largest absolute Gasteiger partial charge is 0.377 e. The Labute approximate surface area is 91.9 Å². The van der Waals surface area contributed by atoms with Crippen molar-refractivity contribution in [2.24, 2.45) is 0 Å². The summed E-state index contributed by atoms with van der Waals surface area (Å²) in [6, 6.07) is 4.36. The molecule has 1 heterocycles. The van der Waals surface area contributed by atoms with E-state index in [1.807, 2.05) is 26.1 Å². The van der Waals surface area contributed by atoms with Crippen LogP contribution in [0.5, 0.6) is 0 Å². The molecule has 0 bridgehead atoms. The molecule has 0 radical (unpaired) electrons. The Kier molecular flexibility index (Phi) is 5.29. The highest BCUT2D eigenvalue weighted by Crippen LogP contribution is 2.08. The molecule has 0 saturated heterocycles. The smallest absolute Gasteiger partial charge is 0.0594 e. The first-order chi connectivity index (χ1) is 7.20. The van der Waals surface area contributed by atoms with Crippen LogP contribution in [-0.4, -0.2) is 24.2 Å². The van der Waals surface area contributed by atoms with Gasteiger partial charge in [-0.05, 0) is 32.4 Å². The second-order valence-corrected chi connectivity index (χ2v) is 3.88. The molecule has 1 N–H and O–H groups in total. The molecule has 3 heteroatoms. The first-order valence-corrected chi connectivity index (χ1v) is 5.45. The van der Waals surface area contributed by atoms with Gasteiger partial charge < -0.3 is 10.1 Å². The monoisotopic (exact) mass is 208 g/mol. The van der Waals surface area contributed by atoms with Crippen molar-refractivity contribution in [3.8, 4) is 0 Å². The number of nitrogens with zero attached hydrogens (tertiary/aromatic N) is 1. The zero-order chi connectivity index (χ0) is 11.1. The molecule has 84 valence electrons. The van der Waals surface area contributed by atoms with E-state index in [1.165, 1.54) is 5.56 Å². The lowest BCUT2D eigenvalue weighted by molar-refractivity contribution is 0.0796. The van der Waals surface area contributed by atoms with Gasteiger partial charge in [0.05, 0.1) is 12.7 Å². The molecule has 0 saturated carbocycles. The van der Waals surface area contributed by atoms with Crippen LogP contribution in [0, 0.1) is 0 Å². The first-order valence-electron chi connectivity index (χ1n) is 5.45. The molecule has 0 aliphatic carbocycles. The Morgan fingerprint density at radius 2 is 2.20 bits per heavy atom. The molecule has 3 nitrogen and oxygen atoms in total. The van der Waals surface area contributed by atoms with Crippen LogP contribution in [0.4, 0.5) is 0 Å². The topological polar surface area (TPSA) is 34.1 Å². The second kappa shape index (κ2) is 6.53. The fourth-order valence-corrected chi connectivity index (χ4v) is 1.32. The van der Waals surface area contributed by atoms with Crippen LogP contribution in [0.25, 0.3) is 0 Å². The van der Waals surface area contributed by atoms with E-state index in [2.05, 4.69) is 23.3 Å². The maximum Gasteiger partial charge on any atom is 0.0594 e. The molecule has 1 rings (SSSR count). The van der Waals surface area contributed by atoms with Crippen molar-refractivity contribution >= 4 is 0 Å². The van der Waals surface area contributed by atoms with E-state index in [0.29, 0.717) is 12.1 Å². The van der Waals surface area contributed by atoms with Crippen LogP contribution >= 0.6 is 0 Å². The first kappa shape index (κ1) is 12.1. The third kappa shape index (κ3) is 4.91. The minimum Gasteiger partial charge on any atom is -0.377 e. The van der Waals surface area contributed by atoms with Gasteiger partial charge >= 0.3 is 0 Å². The molecule has 0 aliphatic heterocycles. The minimum atomic E-state index is 0.306. The van der Waals surface area contributed by atoms with E-state index >= 15 is 0 Å². The summed E-state index contributed by atoms with van der Waals surface area (Å²) in [5, 5.41) is 3.39. The molecule has 0 spiro atoms. The van der Waals surface area contributed by atoms with Crippen LogP contribution in [0.15, 0.2) is 24.5 Å². The Morgan fingerprint density at radius 3 is 2.80 bits per heavy atom. The van der Waals surface area contributed by atoms with Gasteiger partial charge in [-0.15, -0.1) is 0 Å². The molecular weight excluding hydrogens is 188 g/mol. The normalized spacial score (nSPS) is 13.1. The highest BCUT2D eigenvalue weighted by atomic mass is 16.5. The Bertz CT molecular complexity index is 262. The summed E-state index contributed by atoms with van der Waals surface area (Å²) in [6.07, 6.45) is 3.99. The molecule has 0 fully saturated rings. The van der Waals surface area contributed by atoms with E-state index in [0.717, 1.165) is 13.2 Å². The van der Waals surface area contributed by atoms with Crippen molar-refractivity contribution in [3.05, 3.63) is 30.1 Å². The Hall–Kier alpha value is -0.930. The number of pyridine rings is 1. The summed E-state index contributed by atoms with van der Waals surface area (Å²) in [5.41, 5.74) is 1.21. The van der Waals surface area contributed by atoms with E-state index in [-0.39, 0.29) is 0 Å². The highest BCUT2D eigenvalue weighted by Gasteiger charge is 2.03. The second-order valence-electron chi connectivity index (χ2n) is 3.88. The highest BCUT2D eigenvalue weighted by molar-refractivity contribution is 5.12. The summed E-state index contributed by atoms with van der Waals surface area (Å²) in [4.78, 5) is 4.09. The number of rotatable bonds is 6. The van der Waals surface area contributed by atoms with Crippen LogP contribution in [0.1, 0.15) is 32.4 Å². The van der Waals surface area contributed by atoms with Crippen molar-refractivity contribution in [1.82, 2.24) is 10.3 Å². The van der Waals surface area contributed by atoms with Crippen molar-refractivity contribution in [2.75, 3.05) is 13.2 Å². The van der Waals surface area contributed by atoms with E-state index in [9.17, 15) is 0 Å². The fourth-order valence-electron chi connectivity index (χ4n) is 1.32. The molecule has 0 amide bonds. The predicted molar refractivity (Wildman–Crippen MR) is 61.7 cm³/mol. The number of nitrogens with one attached hydrogen (secondary N) is 1. The van der Waals surface area contributed by atoms with Gasteiger partial charge in [-0.25, -0.2) is 0 Å². The maximum atomic E-state index is 5.45. The van der Waals surface area contributed by atoms with Gasteiger partial charge in [-0.1, -0.05) is 6.07 Å². The summed E-state index contributed by atoms with van der Waals surface area (Å²) < 4.78 is 5.45. The average molecular weight is 208 g/mol. The number of hydrogen-bond acceptors (Lipinski definition) is 3. The van der Waals surface area contributed by atoms with Gasteiger partial charge in [0.1, 0.15) is 0 Å². The molecule has 1 unspecified atom stereocenters. The van der Waals surface area contributed by atoms with Gasteiger partial charge in [0.2, 0.25) is 0 Å². The van der Waals surface area contributed by atoms with Gasteiger partial charge in [-0.3, -0.25) is 4.98 Å². The fraction of sp³-hybridized carbons (Fsp3) is 0.583. The lowest BCUT2D eigenvalue weighted by Crippen LogP contribution is -2.24. The molecule has 1 aromatic rings. The van der Waals surface area contributed by atoms with Gasteiger partial charge in [0, 0.05) is 25.0 Å². The third-order valence-corrected chi connectivity index (χ3v) is 2.19. The van der Waals surface area contributed by atoms with Crippen molar-refractivity contribution in [1.29, 1.82) is 0 Å². The van der Waals surface area contributed by atoms with Crippen molar-refractivity contribution < 1.29 is 4.74 Å². The Morgan fingerprint density at radius 1 is 1.40 bits per heavy atom. The minimum absolute atomic E-state index is 0.306. The summed E-state index contributed by atoms with van der Waals surface area (Å²) in [7, 11) is 0. The van der Waals surface area contributed by atoms with Crippen LogP contribution in [0.3, 0.4) is 0 Å². The SMILES string of the molecule is CC(C)OCCNC(C)c1cccnc1. The number of aromatic nitrogens is 1. The molecular formula is C12H20N2O. The molecule has 0 aliphatic rings. The predicted octanol–water partition coefficient (Wildman–Crippen LogP) is 2.16. The lowest BCUT2D eigenvalue weighted by atomic mass is 10.1. The van der Waals surface area contributed by atoms with Crippen molar-refractivity contribution in [2.45, 2.75) is 32.9 Å². The van der Waals surface area contributed by atoms with Gasteiger partial charge in [0.15, 0.2) is 0 Å². The van der Waals surface area contributed by atoms with E-state index in [4.69, 9.17) is 4.74 Å². The maximum absolute atomic E-state index is 5.45. The van der Waals surface area contributed by atoms with Crippen LogP contribution < -0.4 is 5.32 Å². The number of hydrogen-bond donors (Lipinski definition) is 1. The molecule has 1 aromatic heterocycles. The van der Waals surface area contributed by atoms with Gasteiger partial charge in [-0.2, -0.15) is 0 Å². The average Bonchev–Trinajstić information content (AvgIpc) is 2.25. The summed E-state index contributed by atoms with van der Waals surface area (Å²) >= 11 is 0. The summed E-state index contributed by atoms with van der Waals surface area (Å²) in [6.45, 7) is 7.85. The summed E-state index contributed by atoms with van der Waals surface area (Å²) in [5.74, 6) is 0. The van der Waals surface area contributed by atoms with E-state index in [1.54, 1.807) is 6.20 Å². The lowest BCUT2D eigenvalue weighted by Gasteiger charge is -2.14.